The van der Waals surface area contributed by atoms with Crippen molar-refractivity contribution in [2.45, 2.75) is 56.5 Å². The van der Waals surface area contributed by atoms with Crippen LogP contribution in [0.5, 0.6) is 0 Å². The molecule has 16 nitrogen and oxygen atoms in total. The van der Waals surface area contributed by atoms with Gasteiger partial charge in [0.05, 0.1) is 16.9 Å². The van der Waals surface area contributed by atoms with Crippen molar-refractivity contribution in [2.24, 2.45) is 0 Å². The summed E-state index contributed by atoms with van der Waals surface area (Å²) in [7, 11) is -4.37. The molecule has 7 heterocycles. The standard InChI is InChI=1S/C47H48F3N9O7S/c48-31-11-14-58(26-31)67(65,66)54-38-8-7-37(49)41(42(38)50)43(61)36-24-52-44-35(36)22-29(23-51-44)28-1-3-32(4-2-28)57-19-17-55(18-20-57)27-47(64)12-15-56(16-13-47)33-5-6-34-30(21-33)25-59(46(34)63)39-9-10-40(60)53-45(39)62/h1-8,21-24,31,39,54,64H,9-20,25-27H2,(H,51,52)(H,53,60,62)/t31-,39?/m1/s1. The third-order valence-electron chi connectivity index (χ3n) is 13.8. The van der Waals surface area contributed by atoms with Crippen LogP contribution in [-0.4, -0.2) is 138 Å². The molecule has 0 bridgehead atoms. The Balaban J connectivity index is 0.740. The molecular formula is C47H48F3N9O7S. The van der Waals surface area contributed by atoms with E-state index in [2.05, 4.69) is 30.0 Å². The average Bonchev–Trinajstić information content (AvgIpc) is 4.04. The maximum absolute atomic E-state index is 15.8. The van der Waals surface area contributed by atoms with E-state index in [9.17, 15) is 37.1 Å². The Hall–Kier alpha value is -6.35. The number of aromatic nitrogens is 2. The molecule has 0 aliphatic carbocycles. The van der Waals surface area contributed by atoms with Crippen LogP contribution < -0.4 is 19.8 Å². The van der Waals surface area contributed by atoms with E-state index in [1.807, 2.05) is 47.2 Å². The molecule has 2 aromatic heterocycles. The van der Waals surface area contributed by atoms with E-state index in [4.69, 9.17) is 0 Å². The molecule has 20 heteroatoms. The van der Waals surface area contributed by atoms with Crippen molar-refractivity contribution >= 4 is 61.8 Å². The third-order valence-corrected chi connectivity index (χ3v) is 15.3. The number of pyridine rings is 1. The Bertz CT molecular complexity index is 2920. The maximum atomic E-state index is 15.8. The molecular weight excluding hydrogens is 892 g/mol. The zero-order valence-corrected chi connectivity index (χ0v) is 37.1. The highest BCUT2D eigenvalue weighted by atomic mass is 32.2. The molecule has 0 radical (unpaired) electrons. The molecule has 3 amide bonds. The van der Waals surface area contributed by atoms with Gasteiger partial charge in [0.15, 0.2) is 5.82 Å². The number of nitrogens with one attached hydrogen (secondary N) is 3. The molecule has 4 saturated heterocycles. The van der Waals surface area contributed by atoms with Crippen molar-refractivity contribution in [1.29, 1.82) is 0 Å². The van der Waals surface area contributed by atoms with Gasteiger partial charge in [-0.15, -0.1) is 0 Å². The molecule has 350 valence electrons. The summed E-state index contributed by atoms with van der Waals surface area (Å²) >= 11 is 0. The van der Waals surface area contributed by atoms with Gasteiger partial charge in [-0.2, -0.15) is 12.7 Å². The lowest BCUT2D eigenvalue weighted by Crippen LogP contribution is -2.55. The number of piperazine rings is 1. The van der Waals surface area contributed by atoms with Gasteiger partial charge in [0.1, 0.15) is 23.7 Å². The molecule has 0 saturated carbocycles. The minimum atomic E-state index is -4.37. The number of β-amino-alcohol motifs (C(OH)–C–C–N with tert-alkyl or cyclic N) is 1. The van der Waals surface area contributed by atoms with Crippen molar-refractivity contribution in [3.8, 4) is 11.1 Å². The fraction of sp³-hybridized carbons (Fsp3) is 0.383. The Morgan fingerprint density at radius 2 is 1.61 bits per heavy atom. The number of nitrogens with zero attached hydrogens (tertiary/aromatic N) is 6. The van der Waals surface area contributed by atoms with Crippen LogP contribution in [0.3, 0.4) is 0 Å². The van der Waals surface area contributed by atoms with Crippen LogP contribution in [0, 0.1) is 11.6 Å². The predicted molar refractivity (Wildman–Crippen MR) is 242 cm³/mol. The topological polar surface area (TPSA) is 192 Å². The van der Waals surface area contributed by atoms with Crippen molar-refractivity contribution in [3.05, 3.63) is 107 Å². The number of hydrogen-bond acceptors (Lipinski definition) is 11. The highest BCUT2D eigenvalue weighted by Crippen LogP contribution is 2.35. The minimum Gasteiger partial charge on any atom is -0.388 e. The summed E-state index contributed by atoms with van der Waals surface area (Å²) in [6, 6.07) is 16.3. The number of carbonyl (C=O) groups excluding carboxylic acids is 4. The van der Waals surface area contributed by atoms with Crippen molar-refractivity contribution in [1.82, 2.24) is 29.4 Å². The molecule has 5 aliphatic rings. The van der Waals surface area contributed by atoms with Crippen molar-refractivity contribution in [2.75, 3.05) is 73.4 Å². The van der Waals surface area contributed by atoms with Crippen LogP contribution in [0.1, 0.15) is 63.9 Å². The molecule has 5 aliphatic heterocycles. The number of rotatable bonds is 11. The van der Waals surface area contributed by atoms with Gasteiger partial charge in [0.2, 0.25) is 17.6 Å². The molecule has 67 heavy (non-hydrogen) atoms. The third kappa shape index (κ3) is 8.62. The van der Waals surface area contributed by atoms with E-state index < -0.39 is 69.1 Å². The number of ketones is 1. The number of anilines is 3. The SMILES string of the molecule is O=C1CCC(N2Cc3cc(N4CCC(O)(CN5CCN(c6ccc(-c7cnc8[nH]cc(C(=O)c9c(F)ccc(NS(=O)(=O)N%10CC[C@@H](F)C%10)c9F)c8c7)cc6)CC5)CC4)ccc3C2=O)C(=O)N1. The molecule has 0 spiro atoms. The van der Waals surface area contributed by atoms with Gasteiger partial charge in [-0.1, -0.05) is 12.1 Å². The predicted octanol–water partition coefficient (Wildman–Crippen LogP) is 4.35. The van der Waals surface area contributed by atoms with Crippen molar-refractivity contribution in [3.63, 3.8) is 0 Å². The van der Waals surface area contributed by atoms with Crippen LogP contribution in [0.25, 0.3) is 22.2 Å². The molecule has 4 fully saturated rings. The first-order valence-electron chi connectivity index (χ1n) is 22.4. The van der Waals surface area contributed by atoms with E-state index >= 15 is 8.78 Å². The Morgan fingerprint density at radius 3 is 2.33 bits per heavy atom. The van der Waals surface area contributed by atoms with Gasteiger partial charge in [-0.05, 0) is 85.3 Å². The second kappa shape index (κ2) is 17.4. The zero-order chi connectivity index (χ0) is 46.8. The van der Waals surface area contributed by atoms with Crippen molar-refractivity contribution < 1.29 is 45.9 Å². The second-order valence-electron chi connectivity index (χ2n) is 18.0. The molecule has 3 aromatic carbocycles. The number of aliphatic hydroxyl groups is 1. The highest BCUT2D eigenvalue weighted by Gasteiger charge is 2.40. The zero-order valence-electron chi connectivity index (χ0n) is 36.3. The summed E-state index contributed by atoms with van der Waals surface area (Å²) in [5.41, 5.74) is 2.64. The number of H-pyrrole nitrogens is 1. The average molecular weight is 940 g/mol. The largest absolute Gasteiger partial charge is 0.388 e. The monoisotopic (exact) mass is 939 g/mol. The number of imide groups is 1. The number of piperidine rings is 2. The van der Waals surface area contributed by atoms with Crippen LogP contribution in [-0.2, 0) is 26.3 Å². The summed E-state index contributed by atoms with van der Waals surface area (Å²) in [6.45, 7) is 4.68. The lowest BCUT2D eigenvalue weighted by Gasteiger charge is -2.44. The van der Waals surface area contributed by atoms with Crippen LogP contribution in [0.2, 0.25) is 0 Å². The second-order valence-corrected chi connectivity index (χ2v) is 19.7. The van der Waals surface area contributed by atoms with E-state index in [-0.39, 0.29) is 36.8 Å². The minimum absolute atomic E-state index is 0.00422. The molecule has 4 N–H and O–H groups in total. The Kier molecular flexibility index (Phi) is 11.5. The number of aromatic amines is 1. The van der Waals surface area contributed by atoms with Crippen LogP contribution in [0.4, 0.5) is 30.2 Å². The van der Waals surface area contributed by atoms with Gasteiger partial charge in [-0.25, -0.2) is 18.2 Å². The van der Waals surface area contributed by atoms with Gasteiger partial charge in [0, 0.05) is 118 Å². The number of halogens is 3. The van der Waals surface area contributed by atoms with E-state index in [0.717, 1.165) is 65.1 Å². The summed E-state index contributed by atoms with van der Waals surface area (Å²) in [6.07, 6.45) is 3.25. The number of amides is 3. The van der Waals surface area contributed by atoms with Gasteiger partial charge in [-0.3, -0.25) is 34.1 Å². The highest BCUT2D eigenvalue weighted by molar-refractivity contribution is 7.90. The summed E-state index contributed by atoms with van der Waals surface area (Å²) in [5.74, 6) is -4.56. The molecule has 5 aromatic rings. The number of carbonyl (C=O) groups is 4. The normalized spacial score (nSPS) is 21.6. The fourth-order valence-corrected chi connectivity index (χ4v) is 11.2. The molecule has 1 unspecified atom stereocenters. The summed E-state index contributed by atoms with van der Waals surface area (Å²) < 4.78 is 73.1. The van der Waals surface area contributed by atoms with Gasteiger partial charge in [0.25, 0.3) is 5.91 Å². The lowest BCUT2D eigenvalue weighted by atomic mass is 9.90. The molecule has 2 atom stereocenters. The quantitative estimate of drug-likeness (QED) is 0.109. The first kappa shape index (κ1) is 44.5. The number of fused-ring (bicyclic) bond motifs is 2. The summed E-state index contributed by atoms with van der Waals surface area (Å²) in [5, 5.41) is 14.4. The van der Waals surface area contributed by atoms with E-state index in [1.54, 1.807) is 17.2 Å². The first-order valence-corrected chi connectivity index (χ1v) is 23.8. The lowest BCUT2D eigenvalue weighted by molar-refractivity contribution is -0.136. The summed E-state index contributed by atoms with van der Waals surface area (Å²) in [4.78, 5) is 66.7. The first-order chi connectivity index (χ1) is 32.1. The Morgan fingerprint density at radius 1 is 0.881 bits per heavy atom. The Labute approximate surface area is 383 Å². The number of benzene rings is 3. The number of hydrogen-bond donors (Lipinski definition) is 4. The van der Waals surface area contributed by atoms with Gasteiger partial charge >= 0.3 is 10.2 Å². The fourth-order valence-electron chi connectivity index (χ4n) is 9.97. The smallest absolute Gasteiger partial charge is 0.301 e. The van der Waals surface area contributed by atoms with E-state index in [1.165, 1.54) is 6.20 Å². The van der Waals surface area contributed by atoms with Gasteiger partial charge < -0.3 is 24.8 Å². The van der Waals surface area contributed by atoms with Crippen LogP contribution >= 0.6 is 0 Å². The number of alkyl halides is 1. The van der Waals surface area contributed by atoms with E-state index in [0.29, 0.717) is 67.6 Å². The van der Waals surface area contributed by atoms with Crippen LogP contribution in [0.15, 0.2) is 73.1 Å². The maximum Gasteiger partial charge on any atom is 0.301 e. The molecule has 10 rings (SSSR count).